The fraction of sp³-hybridized carbons (Fsp3) is 0.500. The van der Waals surface area contributed by atoms with Crippen LogP contribution in [0.2, 0.25) is 0 Å². The van der Waals surface area contributed by atoms with Gasteiger partial charge in [0.15, 0.2) is 0 Å². The summed E-state index contributed by atoms with van der Waals surface area (Å²) in [6.45, 7) is 4.96. The predicted octanol–water partition coefficient (Wildman–Crippen LogP) is 2.89. The molecule has 78 valence electrons. The van der Waals surface area contributed by atoms with Gasteiger partial charge in [0.05, 0.1) is 6.61 Å². The second-order valence-corrected chi connectivity index (χ2v) is 3.43. The average molecular weight is 193 g/mol. The van der Waals surface area contributed by atoms with E-state index in [4.69, 9.17) is 10.5 Å². The first-order chi connectivity index (χ1) is 6.77. The number of benzene rings is 1. The van der Waals surface area contributed by atoms with E-state index < -0.39 is 0 Å². The summed E-state index contributed by atoms with van der Waals surface area (Å²) in [4.78, 5) is 0. The Balaban J connectivity index is 2.59. The Morgan fingerprint density at radius 3 is 2.36 bits per heavy atom. The van der Waals surface area contributed by atoms with Gasteiger partial charge < -0.3 is 10.5 Å². The summed E-state index contributed by atoms with van der Waals surface area (Å²) < 4.78 is 5.48. The lowest BCUT2D eigenvalue weighted by Crippen LogP contribution is -2.08. The van der Waals surface area contributed by atoms with Crippen molar-refractivity contribution < 1.29 is 4.74 Å². The first-order valence-corrected chi connectivity index (χ1v) is 5.26. The monoisotopic (exact) mass is 193 g/mol. The molecule has 0 spiro atoms. The van der Waals surface area contributed by atoms with Crippen molar-refractivity contribution in [3.63, 3.8) is 0 Å². The summed E-state index contributed by atoms with van der Waals surface area (Å²) in [6.07, 6.45) is 2.01. The van der Waals surface area contributed by atoms with Crippen molar-refractivity contribution in [1.29, 1.82) is 0 Å². The van der Waals surface area contributed by atoms with Crippen molar-refractivity contribution in [1.82, 2.24) is 0 Å². The minimum atomic E-state index is 0.148. The van der Waals surface area contributed by atoms with Gasteiger partial charge in [-0.2, -0.15) is 0 Å². The molecule has 0 saturated carbocycles. The van der Waals surface area contributed by atoms with E-state index >= 15 is 0 Å². The zero-order chi connectivity index (χ0) is 10.4. The molecule has 2 heteroatoms. The van der Waals surface area contributed by atoms with Gasteiger partial charge >= 0.3 is 0 Å². The Morgan fingerprint density at radius 1 is 1.21 bits per heavy atom. The van der Waals surface area contributed by atoms with Crippen LogP contribution in [0, 0.1) is 0 Å². The topological polar surface area (TPSA) is 35.2 Å². The maximum atomic E-state index is 5.90. The van der Waals surface area contributed by atoms with Crippen molar-refractivity contribution in [2.75, 3.05) is 6.61 Å². The number of ether oxygens (including phenoxy) is 1. The zero-order valence-corrected chi connectivity index (χ0v) is 8.99. The average Bonchev–Trinajstić information content (AvgIpc) is 2.26. The second-order valence-electron chi connectivity index (χ2n) is 3.43. The standard InChI is InChI=1S/C12H19NO/c1-3-9-14-11-7-5-10(6-8-11)12(13)4-2/h5-8,12H,3-4,9,13H2,1-2H3/t12-/m0/s1. The van der Waals surface area contributed by atoms with Gasteiger partial charge in [-0.15, -0.1) is 0 Å². The second kappa shape index (κ2) is 5.66. The van der Waals surface area contributed by atoms with E-state index in [0.717, 1.165) is 25.2 Å². The fourth-order valence-corrected chi connectivity index (χ4v) is 1.27. The molecule has 0 aromatic heterocycles. The molecule has 0 aliphatic heterocycles. The predicted molar refractivity (Wildman–Crippen MR) is 59.4 cm³/mol. The van der Waals surface area contributed by atoms with Crippen LogP contribution in [0.1, 0.15) is 38.3 Å². The van der Waals surface area contributed by atoms with Crippen LogP contribution in [0.3, 0.4) is 0 Å². The molecule has 0 amide bonds. The Hall–Kier alpha value is -1.02. The highest BCUT2D eigenvalue weighted by atomic mass is 16.5. The lowest BCUT2D eigenvalue weighted by molar-refractivity contribution is 0.317. The molecule has 0 heterocycles. The summed E-state index contributed by atoms with van der Waals surface area (Å²) in [5.41, 5.74) is 7.08. The molecule has 0 aliphatic carbocycles. The van der Waals surface area contributed by atoms with Crippen LogP contribution in [0.4, 0.5) is 0 Å². The highest BCUT2D eigenvalue weighted by Crippen LogP contribution is 2.18. The minimum Gasteiger partial charge on any atom is -0.494 e. The van der Waals surface area contributed by atoms with Crippen LogP contribution < -0.4 is 10.5 Å². The lowest BCUT2D eigenvalue weighted by atomic mass is 10.1. The fourth-order valence-electron chi connectivity index (χ4n) is 1.27. The Kier molecular flexibility index (Phi) is 4.47. The van der Waals surface area contributed by atoms with E-state index in [9.17, 15) is 0 Å². The highest BCUT2D eigenvalue weighted by Gasteiger charge is 2.02. The van der Waals surface area contributed by atoms with Crippen molar-refractivity contribution in [2.24, 2.45) is 5.73 Å². The molecule has 0 fully saturated rings. The van der Waals surface area contributed by atoms with Gasteiger partial charge in [-0.3, -0.25) is 0 Å². The maximum Gasteiger partial charge on any atom is 0.119 e. The maximum absolute atomic E-state index is 5.90. The van der Waals surface area contributed by atoms with Crippen LogP contribution >= 0.6 is 0 Å². The largest absolute Gasteiger partial charge is 0.494 e. The van der Waals surface area contributed by atoms with Gasteiger partial charge in [0, 0.05) is 6.04 Å². The van der Waals surface area contributed by atoms with E-state index in [1.54, 1.807) is 0 Å². The summed E-state index contributed by atoms with van der Waals surface area (Å²) in [5.74, 6) is 0.930. The number of rotatable bonds is 5. The first kappa shape index (κ1) is 11.1. The summed E-state index contributed by atoms with van der Waals surface area (Å²) in [6, 6.07) is 8.20. The summed E-state index contributed by atoms with van der Waals surface area (Å²) in [7, 11) is 0. The molecule has 2 nitrogen and oxygen atoms in total. The minimum absolute atomic E-state index is 0.148. The van der Waals surface area contributed by atoms with Gasteiger partial charge in [0.1, 0.15) is 5.75 Å². The molecule has 1 atom stereocenters. The van der Waals surface area contributed by atoms with Gasteiger partial charge in [-0.05, 0) is 30.5 Å². The Bertz CT molecular complexity index is 256. The third-order valence-electron chi connectivity index (χ3n) is 2.22. The molecular weight excluding hydrogens is 174 g/mol. The van der Waals surface area contributed by atoms with Gasteiger partial charge in [0.25, 0.3) is 0 Å². The van der Waals surface area contributed by atoms with E-state index in [0.29, 0.717) is 0 Å². The highest BCUT2D eigenvalue weighted by molar-refractivity contribution is 5.28. The van der Waals surface area contributed by atoms with Crippen LogP contribution in [0.25, 0.3) is 0 Å². The molecular formula is C12H19NO. The molecule has 0 unspecified atom stereocenters. The van der Waals surface area contributed by atoms with E-state index in [2.05, 4.69) is 13.8 Å². The van der Waals surface area contributed by atoms with Gasteiger partial charge in [-0.1, -0.05) is 26.0 Å². The SMILES string of the molecule is CCCOc1ccc([C@@H](N)CC)cc1. The molecule has 1 aromatic carbocycles. The molecule has 0 aliphatic rings. The molecule has 0 bridgehead atoms. The van der Waals surface area contributed by atoms with Gasteiger partial charge in [0.2, 0.25) is 0 Å². The molecule has 14 heavy (non-hydrogen) atoms. The quantitative estimate of drug-likeness (QED) is 0.780. The zero-order valence-electron chi connectivity index (χ0n) is 8.99. The third-order valence-corrected chi connectivity index (χ3v) is 2.22. The third kappa shape index (κ3) is 3.04. The molecule has 0 radical (unpaired) electrons. The van der Waals surface area contributed by atoms with E-state index in [-0.39, 0.29) is 6.04 Å². The molecule has 1 rings (SSSR count). The van der Waals surface area contributed by atoms with Crippen LogP contribution in [0.15, 0.2) is 24.3 Å². The van der Waals surface area contributed by atoms with E-state index in [1.165, 1.54) is 5.56 Å². The summed E-state index contributed by atoms with van der Waals surface area (Å²) >= 11 is 0. The Morgan fingerprint density at radius 2 is 1.86 bits per heavy atom. The van der Waals surface area contributed by atoms with E-state index in [1.807, 2.05) is 24.3 Å². The number of nitrogens with two attached hydrogens (primary N) is 1. The first-order valence-electron chi connectivity index (χ1n) is 5.26. The van der Waals surface area contributed by atoms with Crippen LogP contribution in [-0.2, 0) is 0 Å². The smallest absolute Gasteiger partial charge is 0.119 e. The van der Waals surface area contributed by atoms with Gasteiger partial charge in [-0.25, -0.2) is 0 Å². The molecule has 0 saturated heterocycles. The lowest BCUT2D eigenvalue weighted by Gasteiger charge is -2.10. The summed E-state index contributed by atoms with van der Waals surface area (Å²) in [5, 5.41) is 0. The normalized spacial score (nSPS) is 12.5. The molecule has 1 aromatic rings. The van der Waals surface area contributed by atoms with Crippen molar-refractivity contribution in [3.8, 4) is 5.75 Å². The van der Waals surface area contributed by atoms with Crippen molar-refractivity contribution in [2.45, 2.75) is 32.7 Å². The molecule has 2 N–H and O–H groups in total. The number of hydrogen-bond acceptors (Lipinski definition) is 2. The Labute approximate surface area is 86.1 Å². The van der Waals surface area contributed by atoms with Crippen molar-refractivity contribution in [3.05, 3.63) is 29.8 Å². The number of hydrogen-bond donors (Lipinski definition) is 1. The van der Waals surface area contributed by atoms with Crippen molar-refractivity contribution >= 4 is 0 Å². The van der Waals surface area contributed by atoms with Crippen LogP contribution in [0.5, 0.6) is 5.75 Å². The van der Waals surface area contributed by atoms with Crippen LogP contribution in [-0.4, -0.2) is 6.61 Å².